The maximum Gasteiger partial charge on any atom is 0.239 e. The Hall–Kier alpha value is -1.43. The topological polar surface area (TPSA) is 87.8 Å². The second kappa shape index (κ2) is 4.39. The van der Waals surface area contributed by atoms with Crippen LogP contribution in [0.5, 0.6) is 0 Å². The standard InChI is InChI=1S/C9H14N2O4/c1-6(8(14)9(2)4-15-9)11-7(13)3-10-5-12/h5-6H,3-4H2,1-2H3,(H,10,12)(H,11,13). The molecule has 0 bridgehead atoms. The number of amides is 2. The maximum atomic E-state index is 11.6. The Balaban J connectivity index is 2.34. The van der Waals surface area contributed by atoms with E-state index in [0.717, 1.165) is 0 Å². The molecule has 0 radical (unpaired) electrons. The molecule has 1 fully saturated rings. The minimum Gasteiger partial charge on any atom is -0.361 e. The van der Waals surface area contributed by atoms with Crippen LogP contribution in [0.2, 0.25) is 0 Å². The van der Waals surface area contributed by atoms with Crippen LogP contribution in [0.25, 0.3) is 0 Å². The van der Waals surface area contributed by atoms with Crippen molar-refractivity contribution in [2.75, 3.05) is 13.2 Å². The van der Waals surface area contributed by atoms with Crippen molar-refractivity contribution < 1.29 is 19.1 Å². The van der Waals surface area contributed by atoms with Crippen molar-refractivity contribution >= 4 is 18.1 Å². The maximum absolute atomic E-state index is 11.6. The molecule has 0 saturated carbocycles. The van der Waals surface area contributed by atoms with Gasteiger partial charge in [0.15, 0.2) is 5.78 Å². The van der Waals surface area contributed by atoms with E-state index in [2.05, 4.69) is 10.6 Å². The van der Waals surface area contributed by atoms with Crippen molar-refractivity contribution in [3.63, 3.8) is 0 Å². The van der Waals surface area contributed by atoms with E-state index in [1.54, 1.807) is 13.8 Å². The van der Waals surface area contributed by atoms with Gasteiger partial charge < -0.3 is 15.4 Å². The average Bonchev–Trinajstić information content (AvgIpc) is 2.93. The van der Waals surface area contributed by atoms with Gasteiger partial charge in [0.1, 0.15) is 5.60 Å². The molecule has 6 nitrogen and oxygen atoms in total. The molecular formula is C9H14N2O4. The third kappa shape index (κ3) is 3.02. The lowest BCUT2D eigenvalue weighted by atomic mass is 10.0. The summed E-state index contributed by atoms with van der Waals surface area (Å²) in [6.45, 7) is 3.55. The van der Waals surface area contributed by atoms with Gasteiger partial charge in [-0.05, 0) is 13.8 Å². The Labute approximate surface area is 87.4 Å². The number of hydrogen-bond acceptors (Lipinski definition) is 4. The second-order valence-electron chi connectivity index (χ2n) is 3.67. The predicted molar refractivity (Wildman–Crippen MR) is 51.0 cm³/mol. The molecule has 0 aromatic rings. The molecule has 0 aromatic carbocycles. The number of carbonyl (C=O) groups excluding carboxylic acids is 3. The van der Waals surface area contributed by atoms with Crippen LogP contribution < -0.4 is 10.6 Å². The zero-order valence-corrected chi connectivity index (χ0v) is 8.70. The summed E-state index contributed by atoms with van der Waals surface area (Å²) in [5.41, 5.74) is -0.731. The van der Waals surface area contributed by atoms with E-state index in [-0.39, 0.29) is 12.3 Å². The Kier molecular flexibility index (Phi) is 3.41. The smallest absolute Gasteiger partial charge is 0.239 e. The van der Waals surface area contributed by atoms with Crippen molar-refractivity contribution in [2.45, 2.75) is 25.5 Å². The zero-order chi connectivity index (χ0) is 11.5. The van der Waals surface area contributed by atoms with Gasteiger partial charge in [0, 0.05) is 0 Å². The third-order valence-electron chi connectivity index (χ3n) is 2.22. The number of hydrogen-bond donors (Lipinski definition) is 2. The lowest BCUT2D eigenvalue weighted by molar-refractivity contribution is -0.129. The zero-order valence-electron chi connectivity index (χ0n) is 8.70. The van der Waals surface area contributed by atoms with Gasteiger partial charge in [0.2, 0.25) is 12.3 Å². The van der Waals surface area contributed by atoms with Crippen molar-refractivity contribution in [1.82, 2.24) is 10.6 Å². The van der Waals surface area contributed by atoms with E-state index >= 15 is 0 Å². The molecule has 2 amide bonds. The molecule has 0 aromatic heterocycles. The van der Waals surface area contributed by atoms with E-state index in [1.807, 2.05) is 0 Å². The molecule has 2 unspecified atom stereocenters. The molecule has 2 atom stereocenters. The Bertz CT molecular complexity index is 286. The van der Waals surface area contributed by atoms with Crippen molar-refractivity contribution in [1.29, 1.82) is 0 Å². The summed E-state index contributed by atoms with van der Waals surface area (Å²) >= 11 is 0. The summed E-state index contributed by atoms with van der Waals surface area (Å²) in [6, 6.07) is -0.599. The van der Waals surface area contributed by atoms with E-state index in [1.165, 1.54) is 0 Å². The number of carbonyl (C=O) groups is 3. The Morgan fingerprint density at radius 1 is 1.60 bits per heavy atom. The number of ketones is 1. The minimum atomic E-state index is -0.731. The Morgan fingerprint density at radius 2 is 2.20 bits per heavy atom. The first-order valence-electron chi connectivity index (χ1n) is 4.64. The number of rotatable bonds is 6. The number of nitrogens with one attached hydrogen (secondary N) is 2. The highest BCUT2D eigenvalue weighted by Gasteiger charge is 2.48. The first-order valence-corrected chi connectivity index (χ1v) is 4.64. The molecule has 15 heavy (non-hydrogen) atoms. The monoisotopic (exact) mass is 214 g/mol. The SMILES string of the molecule is CC(NC(=O)CNC=O)C(=O)C1(C)CO1. The summed E-state index contributed by atoms with van der Waals surface area (Å²) in [7, 11) is 0. The van der Waals surface area contributed by atoms with E-state index < -0.39 is 17.6 Å². The van der Waals surface area contributed by atoms with Crippen molar-refractivity contribution in [2.24, 2.45) is 0 Å². The lowest BCUT2D eigenvalue weighted by Crippen LogP contribution is -2.46. The van der Waals surface area contributed by atoms with Gasteiger partial charge in [-0.1, -0.05) is 0 Å². The van der Waals surface area contributed by atoms with Crippen LogP contribution in [0.3, 0.4) is 0 Å². The van der Waals surface area contributed by atoms with Crippen LogP contribution in [0.4, 0.5) is 0 Å². The van der Waals surface area contributed by atoms with Gasteiger partial charge in [-0.15, -0.1) is 0 Å². The number of Topliss-reactive ketones (excluding diaryl/α,β-unsaturated/α-hetero) is 1. The third-order valence-corrected chi connectivity index (χ3v) is 2.22. The molecular weight excluding hydrogens is 200 g/mol. The molecule has 1 saturated heterocycles. The van der Waals surface area contributed by atoms with Crippen LogP contribution in [-0.4, -0.2) is 42.9 Å². The van der Waals surface area contributed by atoms with Crippen LogP contribution in [-0.2, 0) is 19.1 Å². The van der Waals surface area contributed by atoms with E-state index in [9.17, 15) is 14.4 Å². The van der Waals surface area contributed by atoms with Gasteiger partial charge >= 0.3 is 0 Å². The lowest BCUT2D eigenvalue weighted by Gasteiger charge is -2.14. The van der Waals surface area contributed by atoms with E-state index in [4.69, 9.17) is 4.74 Å². The van der Waals surface area contributed by atoms with Gasteiger partial charge in [0.25, 0.3) is 0 Å². The van der Waals surface area contributed by atoms with Crippen LogP contribution in [0.1, 0.15) is 13.8 Å². The fourth-order valence-corrected chi connectivity index (χ4v) is 1.20. The predicted octanol–water partition coefficient (Wildman–Crippen LogP) is -1.40. The summed E-state index contributed by atoms with van der Waals surface area (Å²) in [5, 5.41) is 4.68. The molecule has 1 heterocycles. The molecule has 1 aliphatic rings. The van der Waals surface area contributed by atoms with Gasteiger partial charge in [-0.25, -0.2) is 0 Å². The summed E-state index contributed by atoms with van der Waals surface area (Å²) in [5.74, 6) is -0.547. The highest BCUT2D eigenvalue weighted by Crippen LogP contribution is 2.27. The second-order valence-corrected chi connectivity index (χ2v) is 3.67. The molecule has 0 aliphatic carbocycles. The minimum absolute atomic E-state index is 0.126. The summed E-state index contributed by atoms with van der Waals surface area (Å²) in [6.07, 6.45) is 0.428. The number of epoxide rings is 1. The molecule has 6 heteroatoms. The van der Waals surface area contributed by atoms with Gasteiger partial charge in [-0.2, -0.15) is 0 Å². The quantitative estimate of drug-likeness (QED) is 0.420. The van der Waals surface area contributed by atoms with Crippen molar-refractivity contribution in [3.8, 4) is 0 Å². The number of ether oxygens (including phenoxy) is 1. The highest BCUT2D eigenvalue weighted by atomic mass is 16.6. The summed E-state index contributed by atoms with van der Waals surface area (Å²) in [4.78, 5) is 32.7. The molecule has 84 valence electrons. The van der Waals surface area contributed by atoms with Gasteiger partial charge in [0.05, 0.1) is 19.2 Å². The molecule has 2 N–H and O–H groups in total. The van der Waals surface area contributed by atoms with Gasteiger partial charge in [-0.3, -0.25) is 14.4 Å². The fraction of sp³-hybridized carbons (Fsp3) is 0.667. The first kappa shape index (κ1) is 11.6. The molecule has 1 rings (SSSR count). The fourth-order valence-electron chi connectivity index (χ4n) is 1.20. The first-order chi connectivity index (χ1) is 6.99. The molecule has 0 spiro atoms. The highest BCUT2D eigenvalue weighted by molar-refractivity contribution is 5.96. The largest absolute Gasteiger partial charge is 0.361 e. The van der Waals surface area contributed by atoms with Crippen LogP contribution >= 0.6 is 0 Å². The van der Waals surface area contributed by atoms with Crippen molar-refractivity contribution in [3.05, 3.63) is 0 Å². The normalized spacial score (nSPS) is 25.2. The van der Waals surface area contributed by atoms with E-state index in [0.29, 0.717) is 13.0 Å². The average molecular weight is 214 g/mol. The van der Waals surface area contributed by atoms with Crippen LogP contribution in [0, 0.1) is 0 Å². The Morgan fingerprint density at radius 3 is 2.67 bits per heavy atom. The van der Waals surface area contributed by atoms with Crippen LogP contribution in [0.15, 0.2) is 0 Å². The summed E-state index contributed by atoms with van der Waals surface area (Å²) < 4.78 is 4.97. The molecule has 1 aliphatic heterocycles.